The van der Waals surface area contributed by atoms with Crippen molar-refractivity contribution in [1.29, 1.82) is 0 Å². The minimum Gasteiger partial charge on any atom is -0.450 e. The number of anilines is 1. The highest BCUT2D eigenvalue weighted by atomic mass is 16.6. The maximum absolute atomic E-state index is 11.5. The molecule has 0 bridgehead atoms. The van der Waals surface area contributed by atoms with Crippen LogP contribution in [0.3, 0.4) is 0 Å². The monoisotopic (exact) mass is 339 g/mol. The Morgan fingerprint density at radius 3 is 2.83 bits per heavy atom. The fraction of sp³-hybridized carbons (Fsp3) is 0.538. The molecule has 1 aliphatic heterocycles. The summed E-state index contributed by atoms with van der Waals surface area (Å²) in [4.78, 5) is 23.7. The number of imidazole rings is 1. The van der Waals surface area contributed by atoms with Crippen molar-refractivity contribution in [1.82, 2.24) is 19.5 Å². The summed E-state index contributed by atoms with van der Waals surface area (Å²) in [6, 6.07) is 0. The Kier molecular flexibility index (Phi) is 4.57. The Labute approximate surface area is 135 Å². The molecule has 0 aliphatic carbocycles. The van der Waals surface area contributed by atoms with Gasteiger partial charge in [-0.05, 0) is 6.92 Å². The van der Waals surface area contributed by atoms with Gasteiger partial charge in [0.05, 0.1) is 19.5 Å². The summed E-state index contributed by atoms with van der Waals surface area (Å²) >= 11 is 0. The highest BCUT2D eigenvalue weighted by molar-refractivity contribution is 5.93. The Balaban J connectivity index is 1.93. The molecule has 0 unspecified atom stereocenters. The van der Waals surface area contributed by atoms with Crippen LogP contribution < -0.4 is 5.32 Å². The summed E-state index contributed by atoms with van der Waals surface area (Å²) < 4.78 is 11.6. The highest BCUT2D eigenvalue weighted by Crippen LogP contribution is 2.32. The number of carbonyl (C=O) groups excluding carboxylic acids is 1. The lowest BCUT2D eigenvalue weighted by Crippen LogP contribution is -2.33. The van der Waals surface area contributed by atoms with E-state index < -0.39 is 37.2 Å². The van der Waals surface area contributed by atoms with Crippen molar-refractivity contribution in [2.75, 3.05) is 18.5 Å². The SMILES string of the molecule is CCOC(=O)Nc1ncnc2c1ncn2[C@@H]1O[C@H](CO)[C@@H](O)[C@H]1O. The maximum atomic E-state index is 11.5. The van der Waals surface area contributed by atoms with Crippen LogP contribution in [0.1, 0.15) is 13.2 Å². The third kappa shape index (κ3) is 2.78. The smallest absolute Gasteiger partial charge is 0.412 e. The summed E-state index contributed by atoms with van der Waals surface area (Å²) in [6.45, 7) is 1.44. The van der Waals surface area contributed by atoms with Gasteiger partial charge in [-0.1, -0.05) is 0 Å². The van der Waals surface area contributed by atoms with E-state index in [4.69, 9.17) is 14.6 Å². The Hall–Kier alpha value is -2.34. The van der Waals surface area contributed by atoms with Crippen molar-refractivity contribution in [2.45, 2.75) is 31.5 Å². The van der Waals surface area contributed by atoms with Crippen LogP contribution in [0.5, 0.6) is 0 Å². The van der Waals surface area contributed by atoms with Gasteiger partial charge in [-0.15, -0.1) is 0 Å². The number of nitrogens with one attached hydrogen (secondary N) is 1. The van der Waals surface area contributed by atoms with Crippen molar-refractivity contribution < 1.29 is 29.6 Å². The van der Waals surface area contributed by atoms with E-state index in [1.807, 2.05) is 0 Å². The number of aliphatic hydroxyl groups is 3. The zero-order valence-electron chi connectivity index (χ0n) is 12.7. The van der Waals surface area contributed by atoms with Crippen molar-refractivity contribution in [3.63, 3.8) is 0 Å². The molecule has 3 heterocycles. The molecular formula is C13H17N5O6. The van der Waals surface area contributed by atoms with E-state index in [0.29, 0.717) is 0 Å². The number of hydrogen-bond acceptors (Lipinski definition) is 9. The minimum atomic E-state index is -1.27. The third-order valence-corrected chi connectivity index (χ3v) is 3.65. The van der Waals surface area contributed by atoms with Gasteiger partial charge in [-0.3, -0.25) is 9.88 Å². The molecule has 4 N–H and O–H groups in total. The van der Waals surface area contributed by atoms with Crippen LogP contribution in [-0.4, -0.2) is 72.5 Å². The lowest BCUT2D eigenvalue weighted by Gasteiger charge is -2.16. The molecular weight excluding hydrogens is 322 g/mol. The molecule has 3 rings (SSSR count). The lowest BCUT2D eigenvalue weighted by molar-refractivity contribution is -0.0511. The molecule has 11 nitrogen and oxygen atoms in total. The predicted molar refractivity (Wildman–Crippen MR) is 79.0 cm³/mol. The number of amides is 1. The number of nitrogens with zero attached hydrogens (tertiary/aromatic N) is 4. The molecule has 0 aromatic carbocycles. The van der Waals surface area contributed by atoms with E-state index >= 15 is 0 Å². The average molecular weight is 339 g/mol. The molecule has 1 saturated heterocycles. The molecule has 4 atom stereocenters. The molecule has 130 valence electrons. The van der Waals surface area contributed by atoms with Crippen LogP contribution in [0.15, 0.2) is 12.7 Å². The molecule has 24 heavy (non-hydrogen) atoms. The highest BCUT2D eigenvalue weighted by Gasteiger charge is 2.44. The van der Waals surface area contributed by atoms with Crippen molar-refractivity contribution in [3.8, 4) is 0 Å². The second-order valence-electron chi connectivity index (χ2n) is 5.12. The molecule has 1 aliphatic rings. The number of ether oxygens (including phenoxy) is 2. The first-order valence-corrected chi connectivity index (χ1v) is 7.30. The fourth-order valence-corrected chi connectivity index (χ4v) is 2.50. The fourth-order valence-electron chi connectivity index (χ4n) is 2.50. The summed E-state index contributed by atoms with van der Waals surface area (Å²) in [5, 5.41) is 31.6. The van der Waals surface area contributed by atoms with E-state index in [2.05, 4.69) is 20.3 Å². The van der Waals surface area contributed by atoms with Crippen LogP contribution in [-0.2, 0) is 9.47 Å². The Morgan fingerprint density at radius 2 is 2.17 bits per heavy atom. The standard InChI is InChI=1S/C13H17N5O6/c1-2-23-13(22)17-10-7-11(15-4-14-10)18(5-16-7)12-9(21)8(20)6(3-19)24-12/h4-6,8-9,12,19-21H,2-3H2,1H3,(H,14,15,17,22)/t6-,8-,9-,12-/m1/s1. The van der Waals surface area contributed by atoms with Gasteiger partial charge in [-0.25, -0.2) is 19.7 Å². The summed E-state index contributed by atoms with van der Waals surface area (Å²) in [5.74, 6) is 0.143. The Bertz CT molecular complexity index is 737. The number of hydrogen-bond donors (Lipinski definition) is 4. The van der Waals surface area contributed by atoms with E-state index in [0.717, 1.165) is 0 Å². The zero-order chi connectivity index (χ0) is 17.3. The predicted octanol–water partition coefficient (Wildman–Crippen LogP) is -0.994. The molecule has 1 amide bonds. The minimum absolute atomic E-state index is 0.143. The Morgan fingerprint density at radius 1 is 1.38 bits per heavy atom. The summed E-state index contributed by atoms with van der Waals surface area (Å²) in [5.41, 5.74) is 0.551. The third-order valence-electron chi connectivity index (χ3n) is 3.65. The van der Waals surface area contributed by atoms with Gasteiger partial charge in [0, 0.05) is 0 Å². The second-order valence-corrected chi connectivity index (χ2v) is 5.12. The summed E-state index contributed by atoms with van der Waals surface area (Å²) in [6.07, 6.45) is -2.53. The van der Waals surface area contributed by atoms with Crippen LogP contribution in [0.4, 0.5) is 10.6 Å². The molecule has 0 saturated carbocycles. The quantitative estimate of drug-likeness (QED) is 0.550. The maximum Gasteiger partial charge on any atom is 0.412 e. The number of aliphatic hydroxyl groups excluding tert-OH is 3. The van der Waals surface area contributed by atoms with Gasteiger partial charge in [0.25, 0.3) is 0 Å². The molecule has 2 aromatic heterocycles. The molecule has 2 aromatic rings. The molecule has 0 spiro atoms. The van der Waals surface area contributed by atoms with Gasteiger partial charge in [-0.2, -0.15) is 0 Å². The van der Waals surface area contributed by atoms with Crippen LogP contribution in [0.25, 0.3) is 11.2 Å². The topological polar surface area (TPSA) is 152 Å². The van der Waals surface area contributed by atoms with E-state index in [9.17, 15) is 15.0 Å². The van der Waals surface area contributed by atoms with Gasteiger partial charge in [0.1, 0.15) is 24.6 Å². The van der Waals surface area contributed by atoms with Crippen molar-refractivity contribution >= 4 is 23.1 Å². The van der Waals surface area contributed by atoms with E-state index in [1.165, 1.54) is 17.2 Å². The number of carbonyl (C=O) groups is 1. The van der Waals surface area contributed by atoms with Gasteiger partial charge in [0.15, 0.2) is 23.2 Å². The van der Waals surface area contributed by atoms with Crippen LogP contribution in [0.2, 0.25) is 0 Å². The first kappa shape index (κ1) is 16.5. The molecule has 1 fully saturated rings. The average Bonchev–Trinajstić information content (AvgIpc) is 3.11. The van der Waals surface area contributed by atoms with Crippen LogP contribution >= 0.6 is 0 Å². The van der Waals surface area contributed by atoms with Gasteiger partial charge in [0.2, 0.25) is 0 Å². The second kappa shape index (κ2) is 6.65. The summed E-state index contributed by atoms with van der Waals surface area (Å²) in [7, 11) is 0. The van der Waals surface area contributed by atoms with Crippen molar-refractivity contribution in [3.05, 3.63) is 12.7 Å². The number of aromatic nitrogens is 4. The first-order valence-electron chi connectivity index (χ1n) is 7.30. The number of fused-ring (bicyclic) bond motifs is 1. The number of rotatable bonds is 4. The van der Waals surface area contributed by atoms with Crippen molar-refractivity contribution in [2.24, 2.45) is 0 Å². The van der Waals surface area contributed by atoms with Gasteiger partial charge < -0.3 is 24.8 Å². The first-order chi connectivity index (χ1) is 11.6. The zero-order valence-corrected chi connectivity index (χ0v) is 12.7. The largest absolute Gasteiger partial charge is 0.450 e. The lowest BCUT2D eigenvalue weighted by atomic mass is 10.1. The van der Waals surface area contributed by atoms with E-state index in [-0.39, 0.29) is 23.6 Å². The van der Waals surface area contributed by atoms with Crippen LogP contribution in [0, 0.1) is 0 Å². The molecule has 0 radical (unpaired) electrons. The normalized spacial score (nSPS) is 26.7. The molecule has 11 heteroatoms. The van der Waals surface area contributed by atoms with Gasteiger partial charge >= 0.3 is 6.09 Å². The van der Waals surface area contributed by atoms with E-state index in [1.54, 1.807) is 6.92 Å².